The maximum Gasteiger partial charge on any atom is 0.253 e. The van der Waals surface area contributed by atoms with E-state index in [1.165, 1.54) is 17.4 Å². The van der Waals surface area contributed by atoms with Crippen LogP contribution in [0, 0.1) is 0 Å². The molecule has 2 heterocycles. The zero-order chi connectivity index (χ0) is 20.9. The standard InChI is InChI=1S/C23H18ClN3O2S/c1-29-18-10-11-21-20(14-18)26-23(30-21)27(15-17-7-4-5-13-25-17)22(28)12-9-16-6-2-3-8-19(16)24/h2-14H,15H2,1H3/b12-9+. The molecule has 5 nitrogen and oxygen atoms in total. The predicted octanol–water partition coefficient (Wildman–Crippen LogP) is 5.60. The molecule has 0 saturated carbocycles. The van der Waals surface area contributed by atoms with Crippen LogP contribution >= 0.6 is 22.9 Å². The summed E-state index contributed by atoms with van der Waals surface area (Å²) in [6.07, 6.45) is 4.93. The Morgan fingerprint density at radius 1 is 1.17 bits per heavy atom. The van der Waals surface area contributed by atoms with Gasteiger partial charge in [0.15, 0.2) is 5.13 Å². The summed E-state index contributed by atoms with van der Waals surface area (Å²) in [6.45, 7) is 0.309. The highest BCUT2D eigenvalue weighted by molar-refractivity contribution is 7.22. The molecule has 0 bridgehead atoms. The topological polar surface area (TPSA) is 55.3 Å². The van der Waals surface area contributed by atoms with Crippen LogP contribution < -0.4 is 9.64 Å². The number of carbonyl (C=O) groups is 1. The van der Waals surface area contributed by atoms with Crippen LogP contribution in [0.3, 0.4) is 0 Å². The fourth-order valence-electron chi connectivity index (χ4n) is 2.89. The average molecular weight is 436 g/mol. The number of hydrogen-bond acceptors (Lipinski definition) is 5. The number of halogens is 1. The first-order valence-electron chi connectivity index (χ1n) is 9.22. The quantitative estimate of drug-likeness (QED) is 0.370. The molecule has 30 heavy (non-hydrogen) atoms. The summed E-state index contributed by atoms with van der Waals surface area (Å²) in [6, 6.07) is 18.7. The molecule has 0 unspecified atom stereocenters. The van der Waals surface area contributed by atoms with Gasteiger partial charge in [-0.25, -0.2) is 4.98 Å². The zero-order valence-corrected chi connectivity index (χ0v) is 17.7. The van der Waals surface area contributed by atoms with Crippen molar-refractivity contribution in [3.63, 3.8) is 0 Å². The summed E-state index contributed by atoms with van der Waals surface area (Å²) in [5, 5.41) is 1.18. The van der Waals surface area contributed by atoms with Gasteiger partial charge in [-0.3, -0.25) is 14.7 Å². The number of benzene rings is 2. The van der Waals surface area contributed by atoms with Gasteiger partial charge >= 0.3 is 0 Å². The van der Waals surface area contributed by atoms with E-state index in [2.05, 4.69) is 9.97 Å². The molecule has 0 spiro atoms. The molecular weight excluding hydrogens is 418 g/mol. The van der Waals surface area contributed by atoms with Crippen LogP contribution in [0.15, 0.2) is 72.9 Å². The number of hydrogen-bond donors (Lipinski definition) is 0. The molecular formula is C23H18ClN3O2S. The first-order chi connectivity index (χ1) is 14.6. The van der Waals surface area contributed by atoms with Crippen molar-refractivity contribution in [3.8, 4) is 5.75 Å². The van der Waals surface area contributed by atoms with E-state index in [1.54, 1.807) is 30.3 Å². The molecule has 0 aliphatic carbocycles. The van der Waals surface area contributed by atoms with E-state index in [1.807, 2.05) is 54.6 Å². The largest absolute Gasteiger partial charge is 0.497 e. The van der Waals surface area contributed by atoms with Crippen LogP contribution in [-0.4, -0.2) is 23.0 Å². The van der Waals surface area contributed by atoms with Gasteiger partial charge in [-0.2, -0.15) is 0 Å². The summed E-state index contributed by atoms with van der Waals surface area (Å²) in [5.41, 5.74) is 2.33. The number of ether oxygens (including phenoxy) is 1. The molecule has 150 valence electrons. The van der Waals surface area contributed by atoms with Gasteiger partial charge in [-0.05, 0) is 42.0 Å². The molecule has 2 aromatic heterocycles. The second kappa shape index (κ2) is 9.07. The van der Waals surface area contributed by atoms with Gasteiger partial charge < -0.3 is 4.74 Å². The maximum absolute atomic E-state index is 13.1. The van der Waals surface area contributed by atoms with Crippen LogP contribution in [-0.2, 0) is 11.3 Å². The Labute approximate surface area is 183 Å². The Balaban J connectivity index is 1.69. The van der Waals surface area contributed by atoms with Crippen LogP contribution in [0.5, 0.6) is 5.75 Å². The van der Waals surface area contributed by atoms with E-state index in [4.69, 9.17) is 16.3 Å². The highest BCUT2D eigenvalue weighted by atomic mass is 35.5. The van der Waals surface area contributed by atoms with E-state index in [9.17, 15) is 4.79 Å². The maximum atomic E-state index is 13.1. The summed E-state index contributed by atoms with van der Waals surface area (Å²) in [4.78, 5) is 23.8. The van der Waals surface area contributed by atoms with Crippen LogP contribution in [0.1, 0.15) is 11.3 Å². The number of pyridine rings is 1. The predicted molar refractivity (Wildman–Crippen MR) is 122 cm³/mol. The van der Waals surface area contributed by atoms with Crippen molar-refractivity contribution < 1.29 is 9.53 Å². The number of amides is 1. The van der Waals surface area contributed by atoms with Crippen molar-refractivity contribution in [1.82, 2.24) is 9.97 Å². The van der Waals surface area contributed by atoms with Crippen molar-refractivity contribution in [2.45, 2.75) is 6.54 Å². The first-order valence-corrected chi connectivity index (χ1v) is 10.4. The molecule has 4 aromatic rings. The molecule has 0 fully saturated rings. The molecule has 7 heteroatoms. The number of methoxy groups -OCH3 is 1. The molecule has 0 radical (unpaired) electrons. The number of carbonyl (C=O) groups excluding carboxylic acids is 1. The van der Waals surface area contributed by atoms with E-state index in [0.29, 0.717) is 16.7 Å². The molecule has 1 amide bonds. The number of nitrogens with zero attached hydrogens (tertiary/aromatic N) is 3. The highest BCUT2D eigenvalue weighted by Gasteiger charge is 2.19. The van der Waals surface area contributed by atoms with Crippen molar-refractivity contribution in [3.05, 3.63) is 89.2 Å². The molecule has 0 N–H and O–H groups in total. The third-order valence-corrected chi connectivity index (χ3v) is 5.84. The molecule has 0 atom stereocenters. The smallest absolute Gasteiger partial charge is 0.253 e. The lowest BCUT2D eigenvalue weighted by molar-refractivity contribution is -0.114. The molecule has 0 aliphatic rings. The Kier molecular flexibility index (Phi) is 6.07. The van der Waals surface area contributed by atoms with Crippen LogP contribution in [0.2, 0.25) is 5.02 Å². The van der Waals surface area contributed by atoms with Gasteiger partial charge in [0, 0.05) is 23.4 Å². The first kappa shape index (κ1) is 20.1. The minimum Gasteiger partial charge on any atom is -0.497 e. The van der Waals surface area contributed by atoms with Crippen LogP contribution in [0.4, 0.5) is 5.13 Å². The van der Waals surface area contributed by atoms with E-state index >= 15 is 0 Å². The van der Waals surface area contributed by atoms with Crippen molar-refractivity contribution in [1.29, 1.82) is 0 Å². The summed E-state index contributed by atoms with van der Waals surface area (Å²) < 4.78 is 6.26. The van der Waals surface area contributed by atoms with Crippen molar-refractivity contribution in [2.24, 2.45) is 0 Å². The summed E-state index contributed by atoms with van der Waals surface area (Å²) in [5.74, 6) is 0.521. The van der Waals surface area contributed by atoms with Gasteiger partial charge in [-0.1, -0.05) is 47.2 Å². The van der Waals surface area contributed by atoms with E-state index in [0.717, 1.165) is 27.2 Å². The third-order valence-electron chi connectivity index (χ3n) is 4.44. The van der Waals surface area contributed by atoms with Crippen molar-refractivity contribution >= 4 is 50.3 Å². The monoisotopic (exact) mass is 435 g/mol. The van der Waals surface area contributed by atoms with Gasteiger partial charge in [0.1, 0.15) is 5.75 Å². The number of aromatic nitrogens is 2. The number of thiazole rings is 1. The Morgan fingerprint density at radius 2 is 2.00 bits per heavy atom. The van der Waals surface area contributed by atoms with Gasteiger partial charge in [-0.15, -0.1) is 0 Å². The molecule has 4 rings (SSSR count). The van der Waals surface area contributed by atoms with Gasteiger partial charge in [0.05, 0.1) is 29.6 Å². The normalized spacial score (nSPS) is 11.1. The summed E-state index contributed by atoms with van der Waals surface area (Å²) >= 11 is 7.66. The molecule has 2 aromatic carbocycles. The second-order valence-corrected chi connectivity index (χ2v) is 7.85. The number of rotatable bonds is 6. The lowest BCUT2D eigenvalue weighted by atomic mass is 10.2. The zero-order valence-electron chi connectivity index (χ0n) is 16.2. The minimum atomic E-state index is -0.202. The van der Waals surface area contributed by atoms with E-state index < -0.39 is 0 Å². The average Bonchev–Trinajstić information content (AvgIpc) is 3.20. The van der Waals surface area contributed by atoms with Crippen molar-refractivity contribution in [2.75, 3.05) is 12.0 Å². The molecule has 0 aliphatic heterocycles. The van der Waals surface area contributed by atoms with E-state index in [-0.39, 0.29) is 5.91 Å². The van der Waals surface area contributed by atoms with Gasteiger partial charge in [0.25, 0.3) is 5.91 Å². The lowest BCUT2D eigenvalue weighted by Gasteiger charge is -2.17. The van der Waals surface area contributed by atoms with Crippen LogP contribution in [0.25, 0.3) is 16.3 Å². The number of anilines is 1. The SMILES string of the molecule is COc1ccc2sc(N(Cc3ccccn3)C(=O)/C=C/c3ccccc3Cl)nc2c1. The lowest BCUT2D eigenvalue weighted by Crippen LogP contribution is -2.29. The summed E-state index contributed by atoms with van der Waals surface area (Å²) in [7, 11) is 1.62. The fourth-order valence-corrected chi connectivity index (χ4v) is 4.04. The fraction of sp³-hybridized carbons (Fsp3) is 0.0870. The van der Waals surface area contributed by atoms with Gasteiger partial charge in [0.2, 0.25) is 0 Å². The second-order valence-electron chi connectivity index (χ2n) is 6.43. The minimum absolute atomic E-state index is 0.202. The number of fused-ring (bicyclic) bond motifs is 1. The Bertz CT molecular complexity index is 1210. The third kappa shape index (κ3) is 4.50. The molecule has 0 saturated heterocycles. The Morgan fingerprint density at radius 3 is 2.77 bits per heavy atom. The highest BCUT2D eigenvalue weighted by Crippen LogP contribution is 2.32. The Hall–Kier alpha value is -3.22.